The molecule has 1 aromatic rings. The summed E-state index contributed by atoms with van der Waals surface area (Å²) >= 11 is 0. The summed E-state index contributed by atoms with van der Waals surface area (Å²) in [6.07, 6.45) is -0.370. The van der Waals surface area contributed by atoms with E-state index in [0.717, 1.165) is 6.54 Å². The molecule has 1 rings (SSSR count). The van der Waals surface area contributed by atoms with E-state index in [1.165, 1.54) is 11.1 Å². The van der Waals surface area contributed by atoms with Crippen molar-refractivity contribution in [3.8, 4) is 0 Å². The molecule has 1 aromatic carbocycles. The smallest absolute Gasteiger partial charge is 0.407 e. The van der Waals surface area contributed by atoms with Crippen LogP contribution in [0.25, 0.3) is 0 Å². The van der Waals surface area contributed by atoms with Gasteiger partial charge in [-0.05, 0) is 38.8 Å². The Balaban J connectivity index is 2.15. The fourth-order valence-corrected chi connectivity index (χ4v) is 1.60. The monoisotopic (exact) mass is 264 g/mol. The molecular formula is C15H24N2O2. The minimum Gasteiger partial charge on any atom is -0.444 e. The van der Waals surface area contributed by atoms with E-state index >= 15 is 0 Å². The lowest BCUT2D eigenvalue weighted by Gasteiger charge is -2.19. The molecule has 0 aliphatic rings. The lowest BCUT2D eigenvalue weighted by Crippen LogP contribution is -2.36. The van der Waals surface area contributed by atoms with Crippen molar-refractivity contribution in [2.45, 2.75) is 39.8 Å². The molecule has 0 saturated heterocycles. The Morgan fingerprint density at radius 1 is 1.21 bits per heavy atom. The number of benzene rings is 1. The molecule has 0 spiro atoms. The molecule has 0 saturated carbocycles. The predicted molar refractivity (Wildman–Crippen MR) is 77.1 cm³/mol. The number of hydrogen-bond donors (Lipinski definition) is 2. The van der Waals surface area contributed by atoms with E-state index in [0.29, 0.717) is 13.1 Å². The second-order valence-electron chi connectivity index (χ2n) is 5.53. The topological polar surface area (TPSA) is 50.4 Å². The Labute approximate surface area is 115 Å². The molecule has 106 valence electrons. The van der Waals surface area contributed by atoms with Gasteiger partial charge < -0.3 is 15.4 Å². The van der Waals surface area contributed by atoms with Gasteiger partial charge in [-0.1, -0.05) is 24.3 Å². The van der Waals surface area contributed by atoms with Gasteiger partial charge in [0.2, 0.25) is 0 Å². The molecule has 0 atom stereocenters. The molecule has 0 aliphatic heterocycles. The molecule has 0 heterocycles. The quantitative estimate of drug-likeness (QED) is 0.804. The first-order chi connectivity index (χ1) is 8.88. The van der Waals surface area contributed by atoms with Crippen LogP contribution in [-0.2, 0) is 11.3 Å². The summed E-state index contributed by atoms with van der Waals surface area (Å²) in [5.41, 5.74) is 2.11. The summed E-state index contributed by atoms with van der Waals surface area (Å²) in [5, 5.41) is 6.01. The highest BCUT2D eigenvalue weighted by Gasteiger charge is 2.15. The van der Waals surface area contributed by atoms with Crippen LogP contribution in [0.5, 0.6) is 0 Å². The first-order valence-corrected chi connectivity index (χ1v) is 6.60. The Morgan fingerprint density at radius 2 is 1.89 bits per heavy atom. The maximum atomic E-state index is 11.4. The molecular weight excluding hydrogens is 240 g/mol. The van der Waals surface area contributed by atoms with Gasteiger partial charge in [-0.2, -0.15) is 0 Å². The van der Waals surface area contributed by atoms with Gasteiger partial charge >= 0.3 is 6.09 Å². The van der Waals surface area contributed by atoms with Crippen LogP contribution in [0.2, 0.25) is 0 Å². The Morgan fingerprint density at radius 3 is 2.53 bits per heavy atom. The summed E-state index contributed by atoms with van der Waals surface area (Å²) in [5.74, 6) is 0. The molecule has 19 heavy (non-hydrogen) atoms. The second-order valence-corrected chi connectivity index (χ2v) is 5.53. The van der Waals surface area contributed by atoms with Crippen molar-refractivity contribution in [3.05, 3.63) is 35.4 Å². The first-order valence-electron chi connectivity index (χ1n) is 6.60. The molecule has 0 aromatic heterocycles. The Kier molecular flexibility index (Phi) is 5.83. The molecule has 4 nitrogen and oxygen atoms in total. The highest BCUT2D eigenvalue weighted by atomic mass is 16.6. The largest absolute Gasteiger partial charge is 0.444 e. The van der Waals surface area contributed by atoms with Crippen molar-refractivity contribution in [1.29, 1.82) is 0 Å². The van der Waals surface area contributed by atoms with Gasteiger partial charge in [-0.3, -0.25) is 0 Å². The third-order valence-corrected chi connectivity index (χ3v) is 2.55. The van der Waals surface area contributed by atoms with E-state index in [4.69, 9.17) is 4.74 Å². The minimum absolute atomic E-state index is 0.370. The fraction of sp³-hybridized carbons (Fsp3) is 0.533. The normalized spacial score (nSPS) is 11.2. The summed E-state index contributed by atoms with van der Waals surface area (Å²) in [6.45, 7) is 9.72. The Hall–Kier alpha value is -1.55. The minimum atomic E-state index is -0.446. The summed E-state index contributed by atoms with van der Waals surface area (Å²) in [6, 6.07) is 8.26. The standard InChI is InChI=1S/C15H24N2O2/c1-12-7-5-6-8-13(12)11-16-9-10-17-14(18)19-15(2,3)4/h5-8,16H,9-11H2,1-4H3,(H,17,18). The van der Waals surface area contributed by atoms with Crippen LogP contribution in [0.3, 0.4) is 0 Å². The van der Waals surface area contributed by atoms with E-state index in [-0.39, 0.29) is 6.09 Å². The van der Waals surface area contributed by atoms with Crippen LogP contribution in [0.15, 0.2) is 24.3 Å². The van der Waals surface area contributed by atoms with Gasteiger partial charge in [0.05, 0.1) is 0 Å². The molecule has 2 N–H and O–H groups in total. The SMILES string of the molecule is Cc1ccccc1CNCCNC(=O)OC(C)(C)C. The lowest BCUT2D eigenvalue weighted by atomic mass is 10.1. The van der Waals surface area contributed by atoms with Crippen LogP contribution in [0.1, 0.15) is 31.9 Å². The number of rotatable bonds is 5. The van der Waals surface area contributed by atoms with Crippen LogP contribution in [0, 0.1) is 6.92 Å². The molecule has 0 radical (unpaired) electrons. The molecule has 0 fully saturated rings. The number of hydrogen-bond acceptors (Lipinski definition) is 3. The molecule has 0 aliphatic carbocycles. The summed E-state index contributed by atoms with van der Waals surface area (Å²) in [4.78, 5) is 11.4. The zero-order valence-corrected chi connectivity index (χ0v) is 12.2. The number of nitrogens with one attached hydrogen (secondary N) is 2. The number of carbonyl (C=O) groups is 1. The number of ether oxygens (including phenoxy) is 1. The number of aryl methyl sites for hydroxylation is 1. The molecule has 4 heteroatoms. The Bertz CT molecular complexity index is 411. The second kappa shape index (κ2) is 7.14. The third-order valence-electron chi connectivity index (χ3n) is 2.55. The van der Waals surface area contributed by atoms with Gasteiger partial charge in [-0.15, -0.1) is 0 Å². The van der Waals surface area contributed by atoms with E-state index in [1.807, 2.05) is 32.9 Å². The van der Waals surface area contributed by atoms with Crippen molar-refractivity contribution >= 4 is 6.09 Å². The molecule has 0 unspecified atom stereocenters. The highest BCUT2D eigenvalue weighted by molar-refractivity contribution is 5.67. The van der Waals surface area contributed by atoms with Gasteiger partial charge in [0.1, 0.15) is 5.60 Å². The maximum Gasteiger partial charge on any atom is 0.407 e. The number of carbonyl (C=O) groups excluding carboxylic acids is 1. The average molecular weight is 264 g/mol. The first kappa shape index (κ1) is 15.5. The van der Waals surface area contributed by atoms with E-state index in [2.05, 4.69) is 29.7 Å². The lowest BCUT2D eigenvalue weighted by molar-refractivity contribution is 0.0528. The van der Waals surface area contributed by atoms with Crippen molar-refractivity contribution in [2.75, 3.05) is 13.1 Å². The van der Waals surface area contributed by atoms with Crippen LogP contribution in [0.4, 0.5) is 4.79 Å². The summed E-state index contributed by atoms with van der Waals surface area (Å²) in [7, 11) is 0. The maximum absolute atomic E-state index is 11.4. The highest BCUT2D eigenvalue weighted by Crippen LogP contribution is 2.06. The third kappa shape index (κ3) is 6.82. The van der Waals surface area contributed by atoms with E-state index in [9.17, 15) is 4.79 Å². The van der Waals surface area contributed by atoms with Crippen molar-refractivity contribution in [3.63, 3.8) is 0 Å². The van der Waals surface area contributed by atoms with Crippen molar-refractivity contribution in [1.82, 2.24) is 10.6 Å². The van der Waals surface area contributed by atoms with Crippen molar-refractivity contribution < 1.29 is 9.53 Å². The van der Waals surface area contributed by atoms with Crippen LogP contribution >= 0.6 is 0 Å². The predicted octanol–water partition coefficient (Wildman–Crippen LogP) is 2.61. The van der Waals surface area contributed by atoms with Crippen molar-refractivity contribution in [2.24, 2.45) is 0 Å². The van der Waals surface area contributed by atoms with Gasteiger partial charge in [0.15, 0.2) is 0 Å². The number of amides is 1. The van der Waals surface area contributed by atoms with E-state index < -0.39 is 5.60 Å². The zero-order valence-electron chi connectivity index (χ0n) is 12.2. The van der Waals surface area contributed by atoms with Gasteiger partial charge in [0, 0.05) is 19.6 Å². The summed E-state index contributed by atoms with van der Waals surface area (Å²) < 4.78 is 5.14. The van der Waals surface area contributed by atoms with Crippen LogP contribution in [-0.4, -0.2) is 24.8 Å². The fourth-order valence-electron chi connectivity index (χ4n) is 1.60. The average Bonchev–Trinajstić information content (AvgIpc) is 2.28. The van der Waals surface area contributed by atoms with E-state index in [1.54, 1.807) is 0 Å². The zero-order chi connectivity index (χ0) is 14.3. The van der Waals surface area contributed by atoms with Gasteiger partial charge in [0.25, 0.3) is 0 Å². The molecule has 1 amide bonds. The van der Waals surface area contributed by atoms with Gasteiger partial charge in [-0.25, -0.2) is 4.79 Å². The molecule has 0 bridgehead atoms. The van der Waals surface area contributed by atoms with Crippen LogP contribution < -0.4 is 10.6 Å². The number of alkyl carbamates (subject to hydrolysis) is 1.